The highest BCUT2D eigenvalue weighted by atomic mass is 35.5. The Morgan fingerprint density at radius 2 is 1.81 bits per heavy atom. The second-order valence-electron chi connectivity index (χ2n) is 6.28. The van der Waals surface area contributed by atoms with E-state index in [1.54, 1.807) is 28.9 Å². The molecule has 0 aliphatic rings. The molecule has 26 heavy (non-hydrogen) atoms. The van der Waals surface area contributed by atoms with Crippen molar-refractivity contribution < 1.29 is 4.79 Å². The Morgan fingerprint density at radius 1 is 1.12 bits per heavy atom. The third kappa shape index (κ3) is 3.74. The molecular weight excluding hydrogens is 371 g/mol. The van der Waals surface area contributed by atoms with Crippen molar-refractivity contribution >= 4 is 34.8 Å². The maximum Gasteiger partial charge on any atom is 0.278 e. The molecule has 0 aliphatic heterocycles. The smallest absolute Gasteiger partial charge is 0.278 e. The van der Waals surface area contributed by atoms with Gasteiger partial charge < -0.3 is 5.32 Å². The molecule has 7 heteroatoms. The number of carbonyl (C=O) groups is 1. The molecule has 0 atom stereocenters. The molecule has 0 fully saturated rings. The molecule has 3 aromatic rings. The molecule has 1 heterocycles. The fourth-order valence-electron chi connectivity index (χ4n) is 2.65. The van der Waals surface area contributed by atoms with Gasteiger partial charge in [-0.25, -0.2) is 4.68 Å². The van der Waals surface area contributed by atoms with Crippen molar-refractivity contribution in [3.05, 3.63) is 69.5 Å². The lowest BCUT2D eigenvalue weighted by Crippen LogP contribution is -2.16. The fourth-order valence-corrected chi connectivity index (χ4v) is 2.90. The minimum atomic E-state index is -0.310. The molecule has 2 aromatic carbocycles. The van der Waals surface area contributed by atoms with Gasteiger partial charge in [0.1, 0.15) is 0 Å². The first-order valence-electron chi connectivity index (χ1n) is 8.16. The highest BCUT2D eigenvalue weighted by Gasteiger charge is 2.23. The Labute approximate surface area is 161 Å². The SMILES string of the molecule is Cc1cc(NC(=O)c2nnn(-c3ccc(Cl)cc3)c2C(C)C)ccc1Cl. The fraction of sp³-hybridized carbons (Fsp3) is 0.211. The second-order valence-corrected chi connectivity index (χ2v) is 7.13. The van der Waals surface area contributed by atoms with Crippen LogP contribution in [0, 0.1) is 6.92 Å². The van der Waals surface area contributed by atoms with E-state index in [0.29, 0.717) is 21.4 Å². The number of hydrogen-bond acceptors (Lipinski definition) is 3. The summed E-state index contributed by atoms with van der Waals surface area (Å²) in [6, 6.07) is 12.6. The molecule has 0 unspecified atom stereocenters. The summed E-state index contributed by atoms with van der Waals surface area (Å²) < 4.78 is 1.67. The van der Waals surface area contributed by atoms with E-state index in [-0.39, 0.29) is 11.8 Å². The lowest BCUT2D eigenvalue weighted by molar-refractivity contribution is 0.102. The van der Waals surface area contributed by atoms with Gasteiger partial charge in [-0.2, -0.15) is 0 Å². The van der Waals surface area contributed by atoms with Crippen LogP contribution in [0.5, 0.6) is 0 Å². The van der Waals surface area contributed by atoms with Crippen LogP contribution < -0.4 is 5.32 Å². The van der Waals surface area contributed by atoms with E-state index in [0.717, 1.165) is 16.9 Å². The molecule has 1 amide bonds. The summed E-state index contributed by atoms with van der Waals surface area (Å²) in [6.07, 6.45) is 0. The molecule has 3 rings (SSSR count). The summed E-state index contributed by atoms with van der Waals surface area (Å²) in [6.45, 7) is 5.87. The molecule has 0 radical (unpaired) electrons. The van der Waals surface area contributed by atoms with Crippen LogP contribution in [0.2, 0.25) is 10.0 Å². The Kier molecular flexibility index (Phi) is 5.30. The highest BCUT2D eigenvalue weighted by Crippen LogP contribution is 2.24. The zero-order chi connectivity index (χ0) is 18.8. The molecule has 5 nitrogen and oxygen atoms in total. The quantitative estimate of drug-likeness (QED) is 0.662. The first-order chi connectivity index (χ1) is 12.4. The van der Waals surface area contributed by atoms with Crippen LogP contribution in [0.25, 0.3) is 5.69 Å². The molecule has 1 N–H and O–H groups in total. The van der Waals surface area contributed by atoms with Gasteiger partial charge in [0.2, 0.25) is 0 Å². The predicted molar refractivity (Wildman–Crippen MR) is 105 cm³/mol. The largest absolute Gasteiger partial charge is 0.321 e. The molecule has 0 spiro atoms. The van der Waals surface area contributed by atoms with Gasteiger partial charge in [0.05, 0.1) is 11.4 Å². The van der Waals surface area contributed by atoms with Crippen molar-refractivity contribution in [2.75, 3.05) is 5.32 Å². The molecule has 1 aromatic heterocycles. The zero-order valence-electron chi connectivity index (χ0n) is 14.6. The van der Waals surface area contributed by atoms with Crippen molar-refractivity contribution in [1.29, 1.82) is 0 Å². The van der Waals surface area contributed by atoms with Gasteiger partial charge >= 0.3 is 0 Å². The molecule has 0 saturated carbocycles. The van der Waals surface area contributed by atoms with Crippen molar-refractivity contribution in [2.45, 2.75) is 26.7 Å². The number of nitrogens with zero attached hydrogens (tertiary/aromatic N) is 3. The van der Waals surface area contributed by atoms with Crippen LogP contribution in [-0.2, 0) is 0 Å². The van der Waals surface area contributed by atoms with Crippen LogP contribution in [0.3, 0.4) is 0 Å². The number of carbonyl (C=O) groups excluding carboxylic acids is 1. The number of aromatic nitrogens is 3. The molecule has 0 aliphatic carbocycles. The lowest BCUT2D eigenvalue weighted by atomic mass is 10.1. The van der Waals surface area contributed by atoms with Crippen molar-refractivity contribution in [1.82, 2.24) is 15.0 Å². The van der Waals surface area contributed by atoms with Crippen LogP contribution in [0.15, 0.2) is 42.5 Å². The van der Waals surface area contributed by atoms with Gasteiger partial charge in [0.25, 0.3) is 5.91 Å². The molecule has 134 valence electrons. The van der Waals surface area contributed by atoms with Crippen molar-refractivity contribution in [3.8, 4) is 5.69 Å². The number of rotatable bonds is 4. The Balaban J connectivity index is 1.95. The van der Waals surface area contributed by atoms with Crippen molar-refractivity contribution in [3.63, 3.8) is 0 Å². The van der Waals surface area contributed by atoms with E-state index in [2.05, 4.69) is 15.6 Å². The summed E-state index contributed by atoms with van der Waals surface area (Å²) in [5.41, 5.74) is 3.37. The van der Waals surface area contributed by atoms with Crippen LogP contribution in [-0.4, -0.2) is 20.9 Å². The van der Waals surface area contributed by atoms with Crippen molar-refractivity contribution in [2.24, 2.45) is 0 Å². The predicted octanol–water partition coefficient (Wildman–Crippen LogP) is 5.26. The maximum absolute atomic E-state index is 12.8. The average Bonchev–Trinajstić information content (AvgIpc) is 3.04. The van der Waals surface area contributed by atoms with Gasteiger partial charge in [-0.3, -0.25) is 4.79 Å². The highest BCUT2D eigenvalue weighted by molar-refractivity contribution is 6.31. The molecule has 0 bridgehead atoms. The Bertz CT molecular complexity index is 949. The number of nitrogens with one attached hydrogen (secondary N) is 1. The number of aryl methyl sites for hydroxylation is 1. The van der Waals surface area contributed by atoms with Gasteiger partial charge in [0.15, 0.2) is 5.69 Å². The Hall–Kier alpha value is -2.37. The summed E-state index contributed by atoms with van der Waals surface area (Å²) in [4.78, 5) is 12.8. The normalized spacial score (nSPS) is 11.0. The van der Waals surface area contributed by atoms with Gasteiger partial charge in [-0.1, -0.05) is 42.3 Å². The number of hydrogen-bond donors (Lipinski definition) is 1. The summed E-state index contributed by atoms with van der Waals surface area (Å²) in [5.74, 6) is -0.260. The standard InChI is InChI=1S/C19H18Cl2N4O/c1-11(2)18-17(19(26)22-14-6-9-16(21)12(3)10-14)23-24-25(18)15-7-4-13(20)5-8-15/h4-11H,1-3H3,(H,22,26). The minimum Gasteiger partial charge on any atom is -0.321 e. The number of halogens is 2. The second kappa shape index (κ2) is 7.48. The topological polar surface area (TPSA) is 59.8 Å². The van der Waals surface area contributed by atoms with Crippen LogP contribution in [0.1, 0.15) is 41.5 Å². The van der Waals surface area contributed by atoms with Crippen LogP contribution in [0.4, 0.5) is 5.69 Å². The van der Waals surface area contributed by atoms with E-state index in [1.165, 1.54) is 0 Å². The summed E-state index contributed by atoms with van der Waals surface area (Å²) in [7, 11) is 0. The molecule has 0 saturated heterocycles. The first-order valence-corrected chi connectivity index (χ1v) is 8.91. The Morgan fingerprint density at radius 3 is 2.42 bits per heavy atom. The van der Waals surface area contributed by atoms with Gasteiger partial charge in [-0.15, -0.1) is 5.10 Å². The third-order valence-electron chi connectivity index (χ3n) is 3.95. The summed E-state index contributed by atoms with van der Waals surface area (Å²) in [5, 5.41) is 12.4. The maximum atomic E-state index is 12.8. The monoisotopic (exact) mass is 388 g/mol. The van der Waals surface area contributed by atoms with Gasteiger partial charge in [0, 0.05) is 15.7 Å². The van der Waals surface area contributed by atoms with E-state index < -0.39 is 0 Å². The summed E-state index contributed by atoms with van der Waals surface area (Å²) >= 11 is 12.0. The number of benzene rings is 2. The zero-order valence-corrected chi connectivity index (χ0v) is 16.1. The van der Waals surface area contributed by atoms with Gasteiger partial charge in [-0.05, 0) is 60.9 Å². The third-order valence-corrected chi connectivity index (χ3v) is 4.63. The molecular formula is C19H18Cl2N4O. The van der Waals surface area contributed by atoms with E-state index in [4.69, 9.17) is 23.2 Å². The van der Waals surface area contributed by atoms with E-state index >= 15 is 0 Å². The number of anilines is 1. The first kappa shape index (κ1) is 18.4. The average molecular weight is 389 g/mol. The van der Waals surface area contributed by atoms with E-state index in [1.807, 2.05) is 39.0 Å². The van der Waals surface area contributed by atoms with E-state index in [9.17, 15) is 4.79 Å². The minimum absolute atomic E-state index is 0.0494. The van der Waals surface area contributed by atoms with Crippen LogP contribution >= 0.6 is 23.2 Å². The lowest BCUT2D eigenvalue weighted by Gasteiger charge is -2.11. The number of amides is 1.